The Morgan fingerprint density at radius 1 is 1.00 bits per heavy atom. The minimum Gasteiger partial charge on any atom is -0.497 e. The van der Waals surface area contributed by atoms with Crippen LogP contribution in [-0.2, 0) is 6.54 Å². The molecule has 0 unspecified atom stereocenters. The number of nitrogens with zero attached hydrogens (tertiary/aromatic N) is 1. The van der Waals surface area contributed by atoms with Crippen LogP contribution < -0.4 is 24.8 Å². The summed E-state index contributed by atoms with van der Waals surface area (Å²) in [4.78, 5) is 16.8. The van der Waals surface area contributed by atoms with Crippen molar-refractivity contribution in [1.82, 2.24) is 4.98 Å². The van der Waals surface area contributed by atoms with Crippen LogP contribution >= 0.6 is 0 Å². The van der Waals surface area contributed by atoms with E-state index in [4.69, 9.17) is 14.2 Å². The lowest BCUT2D eigenvalue weighted by Gasteiger charge is -2.19. The monoisotopic (exact) mass is 391 g/mol. The molecule has 7 nitrogen and oxygen atoms in total. The molecule has 29 heavy (non-hydrogen) atoms. The van der Waals surface area contributed by atoms with Gasteiger partial charge in [-0.05, 0) is 35.9 Å². The largest absolute Gasteiger partial charge is 0.497 e. The zero-order chi connectivity index (χ0) is 20.1. The number of carbonyl (C=O) groups excluding carboxylic acids is 1. The quantitative estimate of drug-likeness (QED) is 0.666. The number of hydrogen-bond acceptors (Lipinski definition) is 6. The van der Waals surface area contributed by atoms with Gasteiger partial charge in [0.2, 0.25) is 0 Å². The number of ether oxygens (including phenoxy) is 3. The summed E-state index contributed by atoms with van der Waals surface area (Å²) >= 11 is 0. The van der Waals surface area contributed by atoms with Gasteiger partial charge in [-0.25, -0.2) is 0 Å². The van der Waals surface area contributed by atoms with Gasteiger partial charge in [0.1, 0.15) is 19.0 Å². The van der Waals surface area contributed by atoms with Crippen LogP contribution in [0, 0.1) is 0 Å². The van der Waals surface area contributed by atoms with E-state index in [9.17, 15) is 4.79 Å². The van der Waals surface area contributed by atoms with Gasteiger partial charge >= 0.3 is 0 Å². The van der Waals surface area contributed by atoms with Gasteiger partial charge in [0.05, 0.1) is 18.4 Å². The van der Waals surface area contributed by atoms with Crippen LogP contribution in [-0.4, -0.2) is 31.2 Å². The second-order valence-corrected chi connectivity index (χ2v) is 6.48. The highest BCUT2D eigenvalue weighted by Crippen LogP contribution is 2.32. The fourth-order valence-corrected chi connectivity index (χ4v) is 2.93. The Labute approximate surface area is 168 Å². The Morgan fingerprint density at radius 2 is 1.79 bits per heavy atom. The molecule has 0 bridgehead atoms. The maximum absolute atomic E-state index is 12.6. The first-order chi connectivity index (χ1) is 14.2. The van der Waals surface area contributed by atoms with E-state index < -0.39 is 0 Å². The van der Waals surface area contributed by atoms with E-state index in [1.54, 1.807) is 37.6 Å². The van der Waals surface area contributed by atoms with Gasteiger partial charge in [0.15, 0.2) is 11.5 Å². The lowest BCUT2D eigenvalue weighted by Crippen LogP contribution is -2.16. The van der Waals surface area contributed by atoms with E-state index in [1.807, 2.05) is 24.3 Å². The van der Waals surface area contributed by atoms with Crippen LogP contribution in [0.2, 0.25) is 0 Å². The number of amides is 1. The normalized spacial score (nSPS) is 12.2. The molecule has 7 heteroatoms. The summed E-state index contributed by atoms with van der Waals surface area (Å²) in [5.74, 6) is 1.87. The molecule has 2 heterocycles. The highest BCUT2D eigenvalue weighted by molar-refractivity contribution is 6.04. The molecule has 1 aliphatic rings. The number of methoxy groups -OCH3 is 1. The number of nitrogens with one attached hydrogen (secondary N) is 2. The molecule has 1 aliphatic heterocycles. The zero-order valence-corrected chi connectivity index (χ0v) is 16.0. The molecule has 1 amide bonds. The summed E-state index contributed by atoms with van der Waals surface area (Å²) in [6, 6.07) is 14.9. The number of aromatic nitrogens is 1. The molecule has 0 aliphatic carbocycles. The van der Waals surface area contributed by atoms with Crippen molar-refractivity contribution >= 4 is 17.3 Å². The van der Waals surface area contributed by atoms with E-state index in [0.717, 1.165) is 17.0 Å². The molecule has 148 valence electrons. The third-order valence-corrected chi connectivity index (χ3v) is 4.46. The average molecular weight is 391 g/mol. The molecular formula is C22H21N3O4. The van der Waals surface area contributed by atoms with Crippen molar-refractivity contribution in [1.29, 1.82) is 0 Å². The molecule has 0 atom stereocenters. The first kappa shape index (κ1) is 18.6. The van der Waals surface area contributed by atoms with E-state index >= 15 is 0 Å². The maximum Gasteiger partial charge on any atom is 0.257 e. The van der Waals surface area contributed by atoms with Crippen molar-refractivity contribution in [3.8, 4) is 17.2 Å². The Hall–Kier alpha value is -3.74. The molecule has 0 saturated heterocycles. The van der Waals surface area contributed by atoms with Gasteiger partial charge in [-0.1, -0.05) is 12.1 Å². The van der Waals surface area contributed by atoms with E-state index in [1.165, 1.54) is 6.20 Å². The standard InChI is InChI=1S/C22H21N3O4/c1-27-19-5-2-15(3-6-19)12-24-18-10-16(13-23-14-18)22(26)25-17-4-7-20-21(11-17)29-9-8-28-20/h2-7,10-11,13-14,24H,8-9,12H2,1H3,(H,25,26). The lowest BCUT2D eigenvalue weighted by atomic mass is 10.2. The van der Waals surface area contributed by atoms with Crippen LogP contribution in [0.25, 0.3) is 0 Å². The molecule has 0 fully saturated rings. The minimum atomic E-state index is -0.248. The second kappa shape index (κ2) is 8.52. The van der Waals surface area contributed by atoms with Crippen molar-refractivity contribution in [2.75, 3.05) is 31.0 Å². The molecule has 2 N–H and O–H groups in total. The van der Waals surface area contributed by atoms with Crippen LogP contribution in [0.15, 0.2) is 60.9 Å². The first-order valence-electron chi connectivity index (χ1n) is 9.24. The third kappa shape index (κ3) is 4.57. The van der Waals surface area contributed by atoms with Gasteiger partial charge in [-0.15, -0.1) is 0 Å². The summed E-state index contributed by atoms with van der Waals surface area (Å²) in [5.41, 5.74) is 2.95. The summed E-state index contributed by atoms with van der Waals surface area (Å²) < 4.78 is 16.2. The van der Waals surface area contributed by atoms with Crippen molar-refractivity contribution in [2.45, 2.75) is 6.54 Å². The molecule has 3 aromatic rings. The van der Waals surface area contributed by atoms with Crippen LogP contribution in [0.4, 0.5) is 11.4 Å². The van der Waals surface area contributed by atoms with Crippen LogP contribution in [0.3, 0.4) is 0 Å². The van der Waals surface area contributed by atoms with E-state index in [0.29, 0.717) is 42.5 Å². The Bertz CT molecular complexity index is 1010. The number of fused-ring (bicyclic) bond motifs is 1. The van der Waals surface area contributed by atoms with Gasteiger partial charge in [0.25, 0.3) is 5.91 Å². The topological polar surface area (TPSA) is 81.7 Å². The van der Waals surface area contributed by atoms with Gasteiger partial charge in [-0.3, -0.25) is 9.78 Å². The van der Waals surface area contributed by atoms with Crippen LogP contribution in [0.5, 0.6) is 17.2 Å². The summed E-state index contributed by atoms with van der Waals surface area (Å²) in [6.07, 6.45) is 3.22. The fourth-order valence-electron chi connectivity index (χ4n) is 2.93. The first-order valence-corrected chi connectivity index (χ1v) is 9.24. The highest BCUT2D eigenvalue weighted by atomic mass is 16.6. The van der Waals surface area contributed by atoms with E-state index in [2.05, 4.69) is 15.6 Å². The Morgan fingerprint density at radius 3 is 2.59 bits per heavy atom. The smallest absolute Gasteiger partial charge is 0.257 e. The summed E-state index contributed by atoms with van der Waals surface area (Å²) in [6.45, 7) is 1.63. The fraction of sp³-hybridized carbons (Fsp3) is 0.182. The lowest BCUT2D eigenvalue weighted by molar-refractivity contribution is 0.102. The van der Waals surface area contributed by atoms with Gasteiger partial charge in [0, 0.05) is 30.7 Å². The number of anilines is 2. The van der Waals surface area contributed by atoms with Crippen molar-refractivity contribution in [3.05, 3.63) is 72.1 Å². The minimum absolute atomic E-state index is 0.248. The molecule has 0 radical (unpaired) electrons. The van der Waals surface area contributed by atoms with E-state index in [-0.39, 0.29) is 5.91 Å². The second-order valence-electron chi connectivity index (χ2n) is 6.48. The highest BCUT2D eigenvalue weighted by Gasteiger charge is 2.14. The van der Waals surface area contributed by atoms with Crippen molar-refractivity contribution in [2.24, 2.45) is 0 Å². The predicted octanol–water partition coefficient (Wildman–Crippen LogP) is 3.73. The summed E-state index contributed by atoms with van der Waals surface area (Å²) in [5, 5.41) is 6.14. The predicted molar refractivity (Wildman–Crippen MR) is 110 cm³/mol. The van der Waals surface area contributed by atoms with Gasteiger partial charge < -0.3 is 24.8 Å². The Balaban J connectivity index is 1.40. The number of benzene rings is 2. The molecule has 0 saturated carbocycles. The van der Waals surface area contributed by atoms with Crippen molar-refractivity contribution < 1.29 is 19.0 Å². The van der Waals surface area contributed by atoms with Crippen LogP contribution in [0.1, 0.15) is 15.9 Å². The number of carbonyl (C=O) groups is 1. The number of rotatable bonds is 6. The molecular weight excluding hydrogens is 370 g/mol. The maximum atomic E-state index is 12.6. The number of pyridine rings is 1. The molecule has 1 aromatic heterocycles. The molecule has 2 aromatic carbocycles. The van der Waals surface area contributed by atoms with Gasteiger partial charge in [-0.2, -0.15) is 0 Å². The van der Waals surface area contributed by atoms with Crippen molar-refractivity contribution in [3.63, 3.8) is 0 Å². The molecule has 4 rings (SSSR count). The summed E-state index contributed by atoms with van der Waals surface area (Å²) in [7, 11) is 1.64. The Kier molecular flexibility index (Phi) is 5.47. The zero-order valence-electron chi connectivity index (χ0n) is 16.0. The third-order valence-electron chi connectivity index (χ3n) is 4.46. The SMILES string of the molecule is COc1ccc(CNc2cncc(C(=O)Nc3ccc4c(c3)OCCO4)c2)cc1. The average Bonchev–Trinajstić information content (AvgIpc) is 2.78. The number of hydrogen-bond donors (Lipinski definition) is 2. The molecule has 0 spiro atoms.